The second kappa shape index (κ2) is 6.09. The Hall–Kier alpha value is -3.15. The second-order valence-electron chi connectivity index (χ2n) is 4.53. The van der Waals surface area contributed by atoms with Crippen LogP contribution in [0.5, 0.6) is 5.75 Å². The van der Waals surface area contributed by atoms with Gasteiger partial charge in [-0.25, -0.2) is 15.0 Å². The molecule has 0 fully saturated rings. The number of rotatable bonds is 4. The van der Waals surface area contributed by atoms with E-state index in [9.17, 15) is 0 Å². The van der Waals surface area contributed by atoms with E-state index in [1.54, 1.807) is 31.6 Å². The molecule has 0 amide bonds. The van der Waals surface area contributed by atoms with Crippen LogP contribution in [0.2, 0.25) is 0 Å². The molecule has 0 aliphatic carbocycles. The van der Waals surface area contributed by atoms with Crippen LogP contribution in [0.25, 0.3) is 11.4 Å². The highest BCUT2D eigenvalue weighted by molar-refractivity contribution is 5.70. The number of nitrogen functional groups attached to an aromatic ring is 1. The maximum Gasteiger partial charge on any atom is 0.165 e. The third kappa shape index (κ3) is 2.80. The molecule has 2 heterocycles. The van der Waals surface area contributed by atoms with Crippen LogP contribution in [0.4, 0.5) is 17.3 Å². The van der Waals surface area contributed by atoms with E-state index in [0.29, 0.717) is 23.0 Å². The predicted molar refractivity (Wildman–Crippen MR) is 86.0 cm³/mol. The number of benzene rings is 1. The first-order chi connectivity index (χ1) is 10.8. The number of ether oxygens (including phenoxy) is 1. The SMILES string of the molecule is COc1ccccc1Nc1ccnc(-c2cccnc2N)n1. The molecule has 0 unspecified atom stereocenters. The normalized spacial score (nSPS) is 10.2. The number of hydrogen-bond donors (Lipinski definition) is 2. The molecular formula is C16H15N5O. The summed E-state index contributed by atoms with van der Waals surface area (Å²) in [5.74, 6) is 2.31. The Morgan fingerprint density at radius 1 is 1.00 bits per heavy atom. The number of nitrogens with one attached hydrogen (secondary N) is 1. The van der Waals surface area contributed by atoms with Crippen molar-refractivity contribution in [2.45, 2.75) is 0 Å². The molecule has 3 rings (SSSR count). The first-order valence-corrected chi connectivity index (χ1v) is 6.72. The smallest absolute Gasteiger partial charge is 0.165 e. The lowest BCUT2D eigenvalue weighted by Crippen LogP contribution is -2.00. The van der Waals surface area contributed by atoms with Crippen molar-refractivity contribution < 1.29 is 4.74 Å². The van der Waals surface area contributed by atoms with Crippen molar-refractivity contribution in [3.63, 3.8) is 0 Å². The van der Waals surface area contributed by atoms with Crippen molar-refractivity contribution in [1.29, 1.82) is 0 Å². The van der Waals surface area contributed by atoms with Gasteiger partial charge in [-0.1, -0.05) is 12.1 Å². The van der Waals surface area contributed by atoms with Crippen molar-refractivity contribution in [2.24, 2.45) is 0 Å². The van der Waals surface area contributed by atoms with Crippen LogP contribution < -0.4 is 15.8 Å². The molecule has 0 saturated heterocycles. The largest absolute Gasteiger partial charge is 0.495 e. The quantitative estimate of drug-likeness (QED) is 0.769. The highest BCUT2D eigenvalue weighted by Crippen LogP contribution is 2.27. The molecule has 3 N–H and O–H groups in total. The number of methoxy groups -OCH3 is 1. The van der Waals surface area contributed by atoms with Gasteiger partial charge < -0.3 is 15.8 Å². The molecule has 0 bridgehead atoms. The highest BCUT2D eigenvalue weighted by Gasteiger charge is 2.08. The number of nitrogens with zero attached hydrogens (tertiary/aromatic N) is 3. The average Bonchev–Trinajstić information content (AvgIpc) is 2.56. The summed E-state index contributed by atoms with van der Waals surface area (Å²) in [4.78, 5) is 12.8. The Balaban J connectivity index is 1.94. The summed E-state index contributed by atoms with van der Waals surface area (Å²) in [6.07, 6.45) is 3.31. The number of aromatic nitrogens is 3. The molecular weight excluding hydrogens is 278 g/mol. The van der Waals surface area contributed by atoms with Crippen LogP contribution in [0.3, 0.4) is 0 Å². The zero-order valence-corrected chi connectivity index (χ0v) is 12.0. The van der Waals surface area contributed by atoms with Gasteiger partial charge in [0.2, 0.25) is 0 Å². The fourth-order valence-corrected chi connectivity index (χ4v) is 2.05. The monoisotopic (exact) mass is 293 g/mol. The van der Waals surface area contributed by atoms with Crippen molar-refractivity contribution in [1.82, 2.24) is 15.0 Å². The van der Waals surface area contributed by atoms with E-state index in [0.717, 1.165) is 11.4 Å². The van der Waals surface area contributed by atoms with Crippen LogP contribution in [-0.2, 0) is 0 Å². The Morgan fingerprint density at radius 3 is 2.68 bits per heavy atom. The predicted octanol–water partition coefficient (Wildman–Crippen LogP) is 2.87. The fraction of sp³-hybridized carbons (Fsp3) is 0.0625. The minimum Gasteiger partial charge on any atom is -0.495 e. The molecule has 0 radical (unpaired) electrons. The minimum atomic E-state index is 0.400. The topological polar surface area (TPSA) is 86.0 Å². The number of pyridine rings is 1. The Kier molecular flexibility index (Phi) is 3.82. The van der Waals surface area contributed by atoms with Gasteiger partial charge in [0.15, 0.2) is 5.82 Å². The van der Waals surface area contributed by atoms with Gasteiger partial charge in [-0.05, 0) is 30.3 Å². The average molecular weight is 293 g/mol. The van der Waals surface area contributed by atoms with Gasteiger partial charge in [-0.15, -0.1) is 0 Å². The summed E-state index contributed by atoms with van der Waals surface area (Å²) in [5, 5.41) is 3.22. The summed E-state index contributed by atoms with van der Waals surface area (Å²) in [6.45, 7) is 0. The van der Waals surface area contributed by atoms with Crippen molar-refractivity contribution in [3.8, 4) is 17.1 Å². The summed E-state index contributed by atoms with van der Waals surface area (Å²) in [7, 11) is 1.63. The first kappa shape index (κ1) is 13.8. The van der Waals surface area contributed by atoms with Gasteiger partial charge in [-0.2, -0.15) is 0 Å². The summed E-state index contributed by atoms with van der Waals surface area (Å²) in [6, 6.07) is 13.0. The standard InChI is InChI=1S/C16H15N5O/c1-22-13-7-3-2-6-12(13)20-14-8-10-19-16(21-14)11-5-4-9-18-15(11)17/h2-10H,1H3,(H2,17,18)(H,19,20,21). The van der Waals surface area contributed by atoms with Gasteiger partial charge in [0.1, 0.15) is 17.4 Å². The van der Waals surface area contributed by atoms with E-state index < -0.39 is 0 Å². The lowest BCUT2D eigenvalue weighted by Gasteiger charge is -2.11. The van der Waals surface area contributed by atoms with E-state index in [1.165, 1.54) is 0 Å². The van der Waals surface area contributed by atoms with Gasteiger partial charge >= 0.3 is 0 Å². The zero-order valence-electron chi connectivity index (χ0n) is 12.0. The molecule has 0 aliphatic rings. The summed E-state index contributed by atoms with van der Waals surface area (Å²) < 4.78 is 5.32. The number of hydrogen-bond acceptors (Lipinski definition) is 6. The maximum atomic E-state index is 5.87. The molecule has 2 aromatic heterocycles. The van der Waals surface area contributed by atoms with E-state index in [1.807, 2.05) is 30.3 Å². The molecule has 3 aromatic rings. The molecule has 0 aliphatic heterocycles. The Labute approximate surface area is 128 Å². The molecule has 110 valence electrons. The first-order valence-electron chi connectivity index (χ1n) is 6.72. The van der Waals surface area contributed by atoms with Gasteiger partial charge in [-0.3, -0.25) is 0 Å². The van der Waals surface area contributed by atoms with Crippen LogP contribution in [0, 0.1) is 0 Å². The Bertz CT molecular complexity index is 791. The van der Waals surface area contributed by atoms with Crippen molar-refractivity contribution in [2.75, 3.05) is 18.2 Å². The van der Waals surface area contributed by atoms with Crippen molar-refractivity contribution >= 4 is 17.3 Å². The third-order valence-corrected chi connectivity index (χ3v) is 3.10. The molecule has 6 nitrogen and oxygen atoms in total. The van der Waals surface area contributed by atoms with Crippen LogP contribution >= 0.6 is 0 Å². The highest BCUT2D eigenvalue weighted by atomic mass is 16.5. The number of para-hydroxylation sites is 2. The van der Waals surface area contributed by atoms with Gasteiger partial charge in [0.25, 0.3) is 0 Å². The van der Waals surface area contributed by atoms with Crippen LogP contribution in [0.15, 0.2) is 54.9 Å². The zero-order chi connectivity index (χ0) is 15.4. The van der Waals surface area contributed by atoms with Crippen molar-refractivity contribution in [3.05, 3.63) is 54.9 Å². The van der Waals surface area contributed by atoms with Crippen LogP contribution in [-0.4, -0.2) is 22.1 Å². The Morgan fingerprint density at radius 2 is 1.86 bits per heavy atom. The summed E-state index contributed by atoms with van der Waals surface area (Å²) >= 11 is 0. The van der Waals surface area contributed by atoms with Crippen LogP contribution in [0.1, 0.15) is 0 Å². The van der Waals surface area contributed by atoms with E-state index >= 15 is 0 Å². The molecule has 22 heavy (non-hydrogen) atoms. The molecule has 0 spiro atoms. The minimum absolute atomic E-state index is 0.400. The van der Waals surface area contributed by atoms with Gasteiger partial charge in [0.05, 0.1) is 18.4 Å². The van der Waals surface area contributed by atoms with E-state index in [-0.39, 0.29) is 0 Å². The fourth-order valence-electron chi connectivity index (χ4n) is 2.05. The number of nitrogens with two attached hydrogens (primary N) is 1. The lowest BCUT2D eigenvalue weighted by molar-refractivity contribution is 0.417. The third-order valence-electron chi connectivity index (χ3n) is 3.10. The molecule has 0 saturated carbocycles. The lowest BCUT2D eigenvalue weighted by atomic mass is 10.2. The second-order valence-corrected chi connectivity index (χ2v) is 4.53. The summed E-state index contributed by atoms with van der Waals surface area (Å²) in [5.41, 5.74) is 7.40. The van der Waals surface area contributed by atoms with Gasteiger partial charge in [0, 0.05) is 12.4 Å². The maximum absolute atomic E-state index is 5.87. The van der Waals surface area contributed by atoms with E-state index in [4.69, 9.17) is 10.5 Å². The van der Waals surface area contributed by atoms with E-state index in [2.05, 4.69) is 20.3 Å². The molecule has 1 aromatic carbocycles. The number of anilines is 3. The molecule has 0 atom stereocenters. The molecule has 6 heteroatoms.